The molecule has 1 saturated heterocycles. The van der Waals surface area contributed by atoms with E-state index in [0.29, 0.717) is 31.0 Å². The van der Waals surface area contributed by atoms with Crippen LogP contribution in [0, 0.1) is 0 Å². The van der Waals surface area contributed by atoms with Crippen molar-refractivity contribution in [3.63, 3.8) is 0 Å². The number of rotatable bonds is 9. The first-order valence-corrected chi connectivity index (χ1v) is 11.6. The smallest absolute Gasteiger partial charge is 0.237 e. The second-order valence-electron chi connectivity index (χ2n) is 9.38. The molecule has 1 aromatic rings. The van der Waals surface area contributed by atoms with Gasteiger partial charge in [-0.2, -0.15) is 0 Å². The molecule has 1 aliphatic heterocycles. The van der Waals surface area contributed by atoms with Crippen LogP contribution in [0.15, 0.2) is 24.3 Å². The Hall–Kier alpha value is -1.05. The lowest BCUT2D eigenvalue weighted by Gasteiger charge is -2.50. The third kappa shape index (κ3) is 6.47. The fourth-order valence-electron chi connectivity index (χ4n) is 4.44. The Bertz CT molecular complexity index is 673. The summed E-state index contributed by atoms with van der Waals surface area (Å²) in [4.78, 5) is 14.8. The molecule has 0 aliphatic carbocycles. The lowest BCUT2D eigenvalue weighted by molar-refractivity contribution is -0.290. The second-order valence-corrected chi connectivity index (χ2v) is 10.1. The molecule has 1 radical (unpaired) electrons. The molecule has 169 valence electrons. The van der Waals surface area contributed by atoms with Gasteiger partial charge in [0.05, 0.1) is 6.04 Å². The molecule has 1 atom stereocenters. The van der Waals surface area contributed by atoms with E-state index in [1.165, 1.54) is 0 Å². The maximum absolute atomic E-state index is 12.7. The van der Waals surface area contributed by atoms with E-state index in [0.717, 1.165) is 29.4 Å². The zero-order valence-electron chi connectivity index (χ0n) is 18.5. The van der Waals surface area contributed by atoms with Gasteiger partial charge in [0.25, 0.3) is 0 Å². The number of halogens is 2. The van der Waals surface area contributed by atoms with Crippen molar-refractivity contribution >= 4 is 34.8 Å². The van der Waals surface area contributed by atoms with Gasteiger partial charge in [0.15, 0.2) is 0 Å². The van der Waals surface area contributed by atoms with Crippen LogP contribution in [0.25, 0.3) is 0 Å². The number of benzene rings is 1. The molecule has 1 aromatic carbocycles. The molecule has 1 amide bonds. The van der Waals surface area contributed by atoms with Gasteiger partial charge in [-0.3, -0.25) is 4.79 Å². The standard InChI is InChI=1S/C22H35Cl2N4O2/c1-21(2)14-17(15-22(3,4)28(21)30)26-20(29)19(25)13-16-5-7-18(8-6-16)27(11-9-23)12-10-24/h5-8,17,19H,9-15,25H2,1-4H3,(H,26,29). The molecule has 0 aromatic heterocycles. The number of anilines is 1. The number of piperidine rings is 1. The van der Waals surface area contributed by atoms with E-state index in [9.17, 15) is 10.0 Å². The van der Waals surface area contributed by atoms with Gasteiger partial charge in [0.2, 0.25) is 5.91 Å². The molecule has 30 heavy (non-hydrogen) atoms. The van der Waals surface area contributed by atoms with Gasteiger partial charge in [-0.05, 0) is 64.7 Å². The van der Waals surface area contributed by atoms with E-state index in [4.69, 9.17) is 28.9 Å². The highest BCUT2D eigenvalue weighted by molar-refractivity contribution is 6.18. The number of nitrogens with one attached hydrogen (secondary N) is 1. The van der Waals surface area contributed by atoms with Gasteiger partial charge >= 0.3 is 0 Å². The maximum atomic E-state index is 12.7. The fourth-order valence-corrected chi connectivity index (χ4v) is 4.85. The number of hydrogen-bond donors (Lipinski definition) is 2. The number of carbonyl (C=O) groups is 1. The number of alkyl halides is 2. The zero-order valence-corrected chi connectivity index (χ0v) is 20.0. The van der Waals surface area contributed by atoms with Crippen LogP contribution in [0.1, 0.15) is 46.1 Å². The molecule has 1 fully saturated rings. The Labute approximate surface area is 190 Å². The lowest BCUT2D eigenvalue weighted by Crippen LogP contribution is -2.63. The predicted molar refractivity (Wildman–Crippen MR) is 124 cm³/mol. The molecular formula is C22H35Cl2N4O2. The van der Waals surface area contributed by atoms with Gasteiger partial charge < -0.3 is 16.0 Å². The average Bonchev–Trinajstić information content (AvgIpc) is 2.66. The quantitative estimate of drug-likeness (QED) is 0.557. The van der Waals surface area contributed by atoms with E-state index in [2.05, 4.69) is 10.2 Å². The number of nitrogens with zero attached hydrogens (tertiary/aromatic N) is 2. The highest BCUT2D eigenvalue weighted by atomic mass is 35.5. The number of carbonyl (C=O) groups excluding carboxylic acids is 1. The molecule has 3 N–H and O–H groups in total. The summed E-state index contributed by atoms with van der Waals surface area (Å²) in [7, 11) is 0. The normalized spacial score (nSPS) is 20.0. The first-order chi connectivity index (χ1) is 14.0. The first-order valence-electron chi connectivity index (χ1n) is 10.5. The zero-order chi connectivity index (χ0) is 22.5. The van der Waals surface area contributed by atoms with Crippen molar-refractivity contribution in [1.29, 1.82) is 0 Å². The van der Waals surface area contributed by atoms with Crippen molar-refractivity contribution in [1.82, 2.24) is 10.4 Å². The van der Waals surface area contributed by atoms with Gasteiger partial charge in [-0.1, -0.05) is 12.1 Å². The highest BCUT2D eigenvalue weighted by Crippen LogP contribution is 2.37. The van der Waals surface area contributed by atoms with Gasteiger partial charge in [-0.25, -0.2) is 0 Å². The van der Waals surface area contributed by atoms with Crippen molar-refractivity contribution in [2.75, 3.05) is 29.7 Å². The fraction of sp³-hybridized carbons (Fsp3) is 0.682. The second kappa shape index (κ2) is 10.5. The van der Waals surface area contributed by atoms with Crippen LogP contribution in [0.2, 0.25) is 0 Å². The van der Waals surface area contributed by atoms with Crippen LogP contribution >= 0.6 is 23.2 Å². The highest BCUT2D eigenvalue weighted by Gasteiger charge is 2.46. The van der Waals surface area contributed by atoms with Crippen molar-refractivity contribution in [3.8, 4) is 0 Å². The van der Waals surface area contributed by atoms with E-state index >= 15 is 0 Å². The Kier molecular flexibility index (Phi) is 8.83. The minimum absolute atomic E-state index is 0.0687. The van der Waals surface area contributed by atoms with Gasteiger partial charge in [0, 0.05) is 47.7 Å². The molecule has 1 aliphatic rings. The summed E-state index contributed by atoms with van der Waals surface area (Å²) in [6, 6.07) is 7.28. The third-order valence-corrected chi connectivity index (χ3v) is 6.08. The molecule has 0 saturated carbocycles. The van der Waals surface area contributed by atoms with E-state index < -0.39 is 17.1 Å². The number of hydrogen-bond acceptors (Lipinski definition) is 4. The van der Waals surface area contributed by atoms with Crippen LogP contribution in [-0.4, -0.2) is 59.0 Å². The summed E-state index contributed by atoms with van der Waals surface area (Å²) < 4.78 is 0. The summed E-state index contributed by atoms with van der Waals surface area (Å²) in [6.45, 7) is 9.12. The molecule has 1 heterocycles. The topological polar surface area (TPSA) is 81.5 Å². The van der Waals surface area contributed by atoms with E-state index in [1.807, 2.05) is 52.0 Å². The molecule has 0 bridgehead atoms. The van der Waals surface area contributed by atoms with Crippen LogP contribution in [0.3, 0.4) is 0 Å². The van der Waals surface area contributed by atoms with E-state index in [1.54, 1.807) is 0 Å². The van der Waals surface area contributed by atoms with Crippen molar-refractivity contribution in [2.45, 2.75) is 70.1 Å². The molecular weight excluding hydrogens is 423 g/mol. The number of hydroxylamine groups is 2. The minimum atomic E-state index is -0.644. The average molecular weight is 458 g/mol. The summed E-state index contributed by atoms with van der Waals surface area (Å²) in [5, 5.41) is 16.7. The molecule has 6 nitrogen and oxygen atoms in total. The molecule has 2 rings (SSSR count). The predicted octanol–water partition coefficient (Wildman–Crippen LogP) is 3.32. The largest absolute Gasteiger partial charge is 0.369 e. The Balaban J connectivity index is 1.96. The van der Waals surface area contributed by atoms with Crippen LogP contribution in [0.4, 0.5) is 5.69 Å². The van der Waals surface area contributed by atoms with Crippen molar-refractivity contribution in [2.24, 2.45) is 5.73 Å². The summed E-state index contributed by atoms with van der Waals surface area (Å²) in [6.07, 6.45) is 1.65. The Morgan fingerprint density at radius 1 is 1.13 bits per heavy atom. The number of amides is 1. The SMILES string of the molecule is CC1(C)CC(NC(=O)C(N)Cc2ccc(N(CCCl)CCCl)cc2)CC(C)(C)N1[O]. The Morgan fingerprint density at radius 2 is 1.63 bits per heavy atom. The van der Waals surface area contributed by atoms with Gasteiger partial charge in [-0.15, -0.1) is 33.5 Å². The van der Waals surface area contributed by atoms with Crippen LogP contribution in [-0.2, 0) is 16.4 Å². The summed E-state index contributed by atoms with van der Waals surface area (Å²) >= 11 is 11.7. The third-order valence-electron chi connectivity index (χ3n) is 5.74. The molecule has 8 heteroatoms. The van der Waals surface area contributed by atoms with Crippen molar-refractivity contribution < 1.29 is 10.0 Å². The Morgan fingerprint density at radius 3 is 2.10 bits per heavy atom. The minimum Gasteiger partial charge on any atom is -0.369 e. The number of nitrogens with two attached hydrogens (primary N) is 1. The summed E-state index contributed by atoms with van der Waals surface area (Å²) in [5.41, 5.74) is 7.17. The maximum Gasteiger partial charge on any atom is 0.237 e. The van der Waals surface area contributed by atoms with Crippen molar-refractivity contribution in [3.05, 3.63) is 29.8 Å². The monoisotopic (exact) mass is 457 g/mol. The molecule has 1 unspecified atom stereocenters. The lowest BCUT2D eigenvalue weighted by atomic mass is 9.79. The molecule has 0 spiro atoms. The first kappa shape index (κ1) is 25.2. The van der Waals surface area contributed by atoms with Crippen LogP contribution in [0.5, 0.6) is 0 Å². The van der Waals surface area contributed by atoms with Crippen LogP contribution < -0.4 is 16.0 Å². The van der Waals surface area contributed by atoms with E-state index in [-0.39, 0.29) is 11.9 Å². The summed E-state index contributed by atoms with van der Waals surface area (Å²) in [5.74, 6) is 0.881. The van der Waals surface area contributed by atoms with Gasteiger partial charge in [0.1, 0.15) is 0 Å².